The molecule has 1 aliphatic rings. The van der Waals surface area contributed by atoms with Crippen LogP contribution in [0.25, 0.3) is 6.08 Å². The average molecular weight is 405 g/mol. The fourth-order valence-corrected chi connectivity index (χ4v) is 2.69. The van der Waals surface area contributed by atoms with Crippen LogP contribution in [0.2, 0.25) is 0 Å². The quantitative estimate of drug-likeness (QED) is 0.588. The van der Waals surface area contributed by atoms with Gasteiger partial charge in [-0.1, -0.05) is 6.08 Å². The number of aldehydes is 1. The van der Waals surface area contributed by atoms with E-state index in [4.69, 9.17) is 14.0 Å². The largest absolute Gasteiger partial charge is 0.492 e. The van der Waals surface area contributed by atoms with E-state index in [2.05, 4.69) is 5.32 Å². The van der Waals surface area contributed by atoms with E-state index >= 15 is 0 Å². The molecule has 1 N–H and O–H groups in total. The minimum absolute atomic E-state index is 0.0681. The SMILES string of the molecule is CC(C)(C)OC(=O)NCC(=Cc1cc(F)cc(C=O)c1)B1OC(C)(C)C(C)(C)O1. The van der Waals surface area contributed by atoms with Crippen molar-refractivity contribution in [3.63, 3.8) is 0 Å². The molecule has 8 heteroatoms. The van der Waals surface area contributed by atoms with Crippen molar-refractivity contribution in [2.24, 2.45) is 0 Å². The van der Waals surface area contributed by atoms with E-state index in [0.29, 0.717) is 17.3 Å². The number of carbonyl (C=O) groups excluding carboxylic acids is 2. The molecule has 0 bridgehead atoms. The van der Waals surface area contributed by atoms with Crippen molar-refractivity contribution in [1.29, 1.82) is 0 Å². The highest BCUT2D eigenvalue weighted by Crippen LogP contribution is 2.38. The zero-order valence-corrected chi connectivity index (χ0v) is 18.1. The third-order valence-electron chi connectivity index (χ3n) is 4.82. The van der Waals surface area contributed by atoms with Gasteiger partial charge in [-0.05, 0) is 77.7 Å². The molecule has 0 radical (unpaired) electrons. The van der Waals surface area contributed by atoms with Crippen LogP contribution in [0, 0.1) is 5.82 Å². The Bertz CT molecular complexity index is 798. The Balaban J connectivity index is 2.32. The Morgan fingerprint density at radius 1 is 1.14 bits per heavy atom. The standard InChI is InChI=1S/C21H29BFNO5/c1-19(2,3)27-18(26)24-12-16(22-28-20(4,5)21(6,7)29-22)9-14-8-15(13-25)11-17(23)10-14/h8-11,13H,12H2,1-7H3,(H,24,26). The second-order valence-electron chi connectivity index (χ2n) is 9.10. The molecular formula is C21H29BFNO5. The molecule has 158 valence electrons. The van der Waals surface area contributed by atoms with Crippen LogP contribution < -0.4 is 5.32 Å². The highest BCUT2D eigenvalue weighted by molar-refractivity contribution is 6.56. The highest BCUT2D eigenvalue weighted by atomic mass is 19.1. The molecule has 1 saturated heterocycles. The monoisotopic (exact) mass is 405 g/mol. The molecule has 29 heavy (non-hydrogen) atoms. The van der Waals surface area contributed by atoms with E-state index in [1.54, 1.807) is 32.9 Å². The van der Waals surface area contributed by atoms with E-state index in [9.17, 15) is 14.0 Å². The lowest BCUT2D eigenvalue weighted by Crippen LogP contribution is -2.41. The zero-order chi connectivity index (χ0) is 22.0. The van der Waals surface area contributed by atoms with Gasteiger partial charge >= 0.3 is 13.2 Å². The van der Waals surface area contributed by atoms with E-state index in [-0.39, 0.29) is 12.1 Å². The third-order valence-corrected chi connectivity index (χ3v) is 4.82. The van der Waals surface area contributed by atoms with Crippen LogP contribution in [0.15, 0.2) is 23.7 Å². The molecular weight excluding hydrogens is 376 g/mol. The summed E-state index contributed by atoms with van der Waals surface area (Å²) in [4.78, 5) is 23.2. The summed E-state index contributed by atoms with van der Waals surface area (Å²) in [5.74, 6) is -0.533. The predicted molar refractivity (Wildman–Crippen MR) is 110 cm³/mol. The Morgan fingerprint density at radius 3 is 2.21 bits per heavy atom. The van der Waals surface area contributed by atoms with E-state index in [1.165, 1.54) is 6.07 Å². The predicted octanol–water partition coefficient (Wildman–Crippen LogP) is 4.18. The first-order chi connectivity index (χ1) is 13.2. The molecule has 0 unspecified atom stereocenters. The van der Waals surface area contributed by atoms with Gasteiger partial charge in [0.05, 0.1) is 11.2 Å². The van der Waals surface area contributed by atoms with Gasteiger partial charge in [-0.2, -0.15) is 0 Å². The van der Waals surface area contributed by atoms with Gasteiger partial charge in [0, 0.05) is 12.1 Å². The lowest BCUT2D eigenvalue weighted by molar-refractivity contribution is 0.00578. The number of alkyl carbamates (subject to hydrolysis) is 1. The van der Waals surface area contributed by atoms with Gasteiger partial charge in [-0.25, -0.2) is 9.18 Å². The van der Waals surface area contributed by atoms with Gasteiger partial charge in [0.1, 0.15) is 17.7 Å². The number of benzene rings is 1. The van der Waals surface area contributed by atoms with Crippen molar-refractivity contribution in [3.8, 4) is 0 Å². The molecule has 0 spiro atoms. The van der Waals surface area contributed by atoms with Crippen LogP contribution >= 0.6 is 0 Å². The molecule has 1 aromatic carbocycles. The normalized spacial score (nSPS) is 18.5. The maximum atomic E-state index is 13.8. The van der Waals surface area contributed by atoms with Crippen molar-refractivity contribution in [1.82, 2.24) is 5.32 Å². The van der Waals surface area contributed by atoms with E-state index in [1.807, 2.05) is 27.7 Å². The first-order valence-corrected chi connectivity index (χ1v) is 9.51. The summed E-state index contributed by atoms with van der Waals surface area (Å²) in [5.41, 5.74) is -0.569. The van der Waals surface area contributed by atoms with Gasteiger partial charge in [-0.3, -0.25) is 4.79 Å². The number of hydrogen-bond donors (Lipinski definition) is 1. The van der Waals surface area contributed by atoms with E-state index in [0.717, 1.165) is 6.07 Å². The minimum Gasteiger partial charge on any atom is -0.444 e. The Labute approximate surface area is 171 Å². The van der Waals surface area contributed by atoms with Crippen molar-refractivity contribution < 1.29 is 28.0 Å². The van der Waals surface area contributed by atoms with Crippen molar-refractivity contribution in [2.75, 3.05) is 6.54 Å². The first-order valence-electron chi connectivity index (χ1n) is 9.51. The Hall–Kier alpha value is -2.19. The number of halogens is 1. The number of amides is 1. The summed E-state index contributed by atoms with van der Waals surface area (Å²) in [6, 6.07) is 4.00. The first kappa shape index (κ1) is 23.1. The summed E-state index contributed by atoms with van der Waals surface area (Å²) in [6.45, 7) is 13.0. The molecule has 0 aliphatic carbocycles. The zero-order valence-electron chi connectivity index (χ0n) is 18.1. The van der Waals surface area contributed by atoms with Crippen LogP contribution in [-0.4, -0.2) is 42.8 Å². The Kier molecular flexibility index (Phi) is 6.60. The van der Waals surface area contributed by atoms with Crippen LogP contribution in [0.1, 0.15) is 64.4 Å². The molecule has 6 nitrogen and oxygen atoms in total. The van der Waals surface area contributed by atoms with Gasteiger partial charge in [0.2, 0.25) is 0 Å². The van der Waals surface area contributed by atoms with Crippen molar-refractivity contribution in [3.05, 3.63) is 40.6 Å². The van der Waals surface area contributed by atoms with Crippen molar-refractivity contribution in [2.45, 2.75) is 65.3 Å². The topological polar surface area (TPSA) is 73.9 Å². The maximum Gasteiger partial charge on any atom is 0.492 e. The van der Waals surface area contributed by atoms with Gasteiger partial charge in [-0.15, -0.1) is 0 Å². The summed E-state index contributed by atoms with van der Waals surface area (Å²) >= 11 is 0. The molecule has 0 atom stereocenters. The van der Waals surface area contributed by atoms with Crippen LogP contribution in [-0.2, 0) is 14.0 Å². The molecule has 1 aromatic rings. The van der Waals surface area contributed by atoms with Crippen LogP contribution in [0.5, 0.6) is 0 Å². The molecule has 1 amide bonds. The fraction of sp³-hybridized carbons (Fsp3) is 0.524. The average Bonchev–Trinajstić information content (AvgIpc) is 2.77. The maximum absolute atomic E-state index is 13.8. The van der Waals surface area contributed by atoms with Gasteiger partial charge in [0.25, 0.3) is 0 Å². The second kappa shape index (κ2) is 8.28. The smallest absolute Gasteiger partial charge is 0.444 e. The third kappa shape index (κ3) is 6.14. The number of ether oxygens (including phenoxy) is 1. The molecule has 1 heterocycles. The molecule has 0 aromatic heterocycles. The summed E-state index contributed by atoms with van der Waals surface area (Å²) in [5, 5.41) is 2.68. The lowest BCUT2D eigenvalue weighted by atomic mass is 9.77. The van der Waals surface area contributed by atoms with Crippen LogP contribution in [0.4, 0.5) is 9.18 Å². The number of rotatable bonds is 5. The fourth-order valence-electron chi connectivity index (χ4n) is 2.69. The molecule has 1 fully saturated rings. The number of carbonyl (C=O) groups is 2. The molecule has 0 saturated carbocycles. The second-order valence-corrected chi connectivity index (χ2v) is 9.10. The summed E-state index contributed by atoms with van der Waals surface area (Å²) in [7, 11) is -0.752. The molecule has 2 rings (SSSR count). The van der Waals surface area contributed by atoms with Gasteiger partial charge in [0.15, 0.2) is 0 Å². The highest BCUT2D eigenvalue weighted by Gasteiger charge is 2.52. The van der Waals surface area contributed by atoms with Crippen LogP contribution in [0.3, 0.4) is 0 Å². The summed E-state index contributed by atoms with van der Waals surface area (Å²) < 4.78 is 31.3. The minimum atomic E-state index is -0.752. The van der Waals surface area contributed by atoms with Gasteiger partial charge < -0.3 is 19.4 Å². The molecule has 1 aliphatic heterocycles. The Morgan fingerprint density at radius 2 is 1.69 bits per heavy atom. The van der Waals surface area contributed by atoms with Crippen molar-refractivity contribution >= 4 is 25.6 Å². The number of hydrogen-bond acceptors (Lipinski definition) is 5. The number of nitrogens with one attached hydrogen (secondary N) is 1. The summed E-state index contributed by atoms with van der Waals surface area (Å²) in [6.07, 6.45) is 1.64. The van der Waals surface area contributed by atoms with E-state index < -0.39 is 35.8 Å². The lowest BCUT2D eigenvalue weighted by Gasteiger charge is -2.32.